The van der Waals surface area contributed by atoms with E-state index in [2.05, 4.69) is 41.1 Å². The fourth-order valence-corrected chi connectivity index (χ4v) is 7.99. The molecule has 1 aliphatic heterocycles. The van der Waals surface area contributed by atoms with Gasteiger partial charge in [0.1, 0.15) is 10.3 Å². The summed E-state index contributed by atoms with van der Waals surface area (Å²) in [5.74, 6) is 5.60. The maximum absolute atomic E-state index is 13.5. The zero-order chi connectivity index (χ0) is 29.4. The average Bonchev–Trinajstić information content (AvgIpc) is 3.66. The predicted molar refractivity (Wildman–Crippen MR) is 168 cm³/mol. The Morgan fingerprint density at radius 3 is 2.71 bits per heavy atom. The lowest BCUT2D eigenvalue weighted by atomic mass is 10.1. The number of unbranched alkanes of at least 4 members (excludes halogenated alkanes) is 1. The highest BCUT2D eigenvalue weighted by Gasteiger charge is 2.29. The Kier molecular flexibility index (Phi) is 10.4. The summed E-state index contributed by atoms with van der Waals surface area (Å²) in [6.45, 7) is 2.73. The van der Waals surface area contributed by atoms with Crippen LogP contribution >= 0.6 is 22.7 Å². The molecule has 0 radical (unpaired) electrons. The fourth-order valence-electron chi connectivity index (χ4n) is 4.64. The van der Waals surface area contributed by atoms with Crippen LogP contribution in [0.25, 0.3) is 10.1 Å². The van der Waals surface area contributed by atoms with Gasteiger partial charge in [-0.1, -0.05) is 55.5 Å². The molecule has 0 spiro atoms. The second kappa shape index (κ2) is 14.4. The lowest BCUT2D eigenvalue weighted by molar-refractivity contribution is -0.201. The molecule has 3 heterocycles. The van der Waals surface area contributed by atoms with Crippen molar-refractivity contribution < 1.29 is 22.8 Å². The van der Waals surface area contributed by atoms with Crippen molar-refractivity contribution in [1.82, 2.24) is 10.2 Å². The summed E-state index contributed by atoms with van der Waals surface area (Å²) in [7, 11) is -4.02. The Bertz CT molecular complexity index is 1660. The number of amides is 1. The number of ether oxygens (including phenoxy) is 1. The summed E-state index contributed by atoms with van der Waals surface area (Å²) >= 11 is 2.62. The van der Waals surface area contributed by atoms with E-state index in [1.165, 1.54) is 11.6 Å². The molecule has 1 unspecified atom stereocenters. The molecule has 1 saturated heterocycles. The number of aryl methyl sites for hydroxylation is 1. The van der Waals surface area contributed by atoms with Gasteiger partial charge < -0.3 is 4.74 Å². The first-order valence-corrected chi connectivity index (χ1v) is 17.3. The topological polar surface area (TPSA) is 93.7 Å². The minimum absolute atomic E-state index is 0.0891. The van der Waals surface area contributed by atoms with E-state index in [0.717, 1.165) is 64.7 Å². The number of carbonyl (C=O) groups is 1. The highest BCUT2D eigenvalue weighted by atomic mass is 32.2. The third-order valence-electron chi connectivity index (χ3n) is 6.98. The number of fused-ring (bicyclic) bond motifs is 1. The fraction of sp³-hybridized carbons (Fsp3) is 0.344. The molecule has 5 rings (SSSR count). The highest BCUT2D eigenvalue weighted by molar-refractivity contribution is 7.91. The van der Waals surface area contributed by atoms with Crippen LogP contribution in [0.5, 0.6) is 0 Å². The Hall–Kier alpha value is -3.04. The van der Waals surface area contributed by atoms with Gasteiger partial charge in [-0.2, -0.15) is 4.72 Å². The average molecular weight is 623 g/mol. The number of thiophene rings is 2. The number of benzene rings is 2. The van der Waals surface area contributed by atoms with Crippen LogP contribution in [0.3, 0.4) is 0 Å². The molecule has 0 saturated carbocycles. The van der Waals surface area contributed by atoms with E-state index in [-0.39, 0.29) is 10.6 Å². The molecule has 4 aromatic rings. The third kappa shape index (κ3) is 8.07. The Balaban J connectivity index is 1.30. The molecular weight excluding hydrogens is 589 g/mol. The Morgan fingerprint density at radius 1 is 1.10 bits per heavy atom. The van der Waals surface area contributed by atoms with Crippen LogP contribution in [0.4, 0.5) is 0 Å². The standard InChI is InChI=1S/C32H34N2O5S3/c1-2-3-8-23-12-14-24(15-13-23)16-17-26-18-19-31(41-26)42(36,37)34-28(32(35)33-39-30-11-6-7-20-38-30)21-25-22-40-29-10-5-4-9-27(25)29/h4-5,9-10,12-15,18-19,22,28,30,34H,2-3,6-8,11,20-21H2,1H3,(H,33,35)/t28-,30?/m1/s1. The lowest BCUT2D eigenvalue weighted by Crippen LogP contribution is -2.48. The smallest absolute Gasteiger partial charge is 0.262 e. The first kappa shape index (κ1) is 30.4. The van der Waals surface area contributed by atoms with Gasteiger partial charge in [0, 0.05) is 23.3 Å². The second-order valence-electron chi connectivity index (χ2n) is 10.2. The summed E-state index contributed by atoms with van der Waals surface area (Å²) in [4.78, 5) is 19.4. The van der Waals surface area contributed by atoms with Crippen LogP contribution in [0.2, 0.25) is 0 Å². The molecule has 2 aromatic carbocycles. The SMILES string of the molecule is CCCCc1ccc(C#Cc2ccc(S(=O)(=O)N[C@H](Cc3csc4ccccc34)C(=O)NOC3CCCCO3)s2)cc1. The van der Waals surface area contributed by atoms with E-state index in [1.807, 2.05) is 41.8 Å². The zero-order valence-corrected chi connectivity index (χ0v) is 25.9. The van der Waals surface area contributed by atoms with Crippen molar-refractivity contribution in [2.24, 2.45) is 0 Å². The number of hydroxylamine groups is 1. The van der Waals surface area contributed by atoms with Crippen molar-refractivity contribution in [1.29, 1.82) is 0 Å². The minimum Gasteiger partial charge on any atom is -0.350 e. The van der Waals surface area contributed by atoms with Gasteiger partial charge in [-0.05, 0) is 84.3 Å². The molecule has 2 N–H and O–H groups in total. The maximum Gasteiger partial charge on any atom is 0.262 e. The summed E-state index contributed by atoms with van der Waals surface area (Å²) < 4.78 is 36.2. The molecule has 2 aromatic heterocycles. The van der Waals surface area contributed by atoms with Crippen LogP contribution in [0.15, 0.2) is 70.3 Å². The number of rotatable bonds is 11. The number of sulfonamides is 1. The van der Waals surface area contributed by atoms with E-state index < -0.39 is 28.3 Å². The highest BCUT2D eigenvalue weighted by Crippen LogP contribution is 2.28. The molecule has 1 amide bonds. The van der Waals surface area contributed by atoms with Crippen molar-refractivity contribution in [3.05, 3.63) is 87.6 Å². The van der Waals surface area contributed by atoms with Crippen molar-refractivity contribution in [2.75, 3.05) is 6.61 Å². The lowest BCUT2D eigenvalue weighted by Gasteiger charge is -2.24. The van der Waals surface area contributed by atoms with Crippen LogP contribution in [-0.2, 0) is 37.2 Å². The summed E-state index contributed by atoms with van der Waals surface area (Å²) in [6, 6.07) is 18.1. The first-order valence-electron chi connectivity index (χ1n) is 14.2. The van der Waals surface area contributed by atoms with E-state index in [0.29, 0.717) is 17.9 Å². The van der Waals surface area contributed by atoms with E-state index in [1.54, 1.807) is 17.4 Å². The second-order valence-corrected chi connectivity index (χ2v) is 14.1. The van der Waals surface area contributed by atoms with Crippen LogP contribution in [0, 0.1) is 11.8 Å². The quantitative estimate of drug-likeness (QED) is 0.154. The van der Waals surface area contributed by atoms with Gasteiger partial charge in [0.15, 0.2) is 6.29 Å². The summed E-state index contributed by atoms with van der Waals surface area (Å²) in [6.07, 6.45) is 5.51. The van der Waals surface area contributed by atoms with Crippen LogP contribution < -0.4 is 10.2 Å². The molecule has 1 fully saturated rings. The molecule has 0 aliphatic carbocycles. The molecule has 220 valence electrons. The molecule has 42 heavy (non-hydrogen) atoms. The van der Waals surface area contributed by atoms with Gasteiger partial charge >= 0.3 is 0 Å². The van der Waals surface area contributed by atoms with Crippen molar-refractivity contribution >= 4 is 48.7 Å². The molecule has 7 nitrogen and oxygen atoms in total. The van der Waals surface area contributed by atoms with E-state index >= 15 is 0 Å². The van der Waals surface area contributed by atoms with Gasteiger partial charge in [0.25, 0.3) is 15.9 Å². The van der Waals surface area contributed by atoms with Gasteiger partial charge in [0.2, 0.25) is 0 Å². The Morgan fingerprint density at radius 2 is 1.93 bits per heavy atom. The van der Waals surface area contributed by atoms with Crippen LogP contribution in [-0.4, -0.2) is 33.3 Å². The number of carbonyl (C=O) groups excluding carboxylic acids is 1. The zero-order valence-electron chi connectivity index (χ0n) is 23.4. The molecule has 0 bridgehead atoms. The molecule has 1 aliphatic rings. The summed E-state index contributed by atoms with van der Waals surface area (Å²) in [5, 5.41) is 2.95. The number of hydrogen-bond acceptors (Lipinski definition) is 7. The minimum atomic E-state index is -4.02. The predicted octanol–water partition coefficient (Wildman–Crippen LogP) is 6.17. The van der Waals surface area contributed by atoms with Gasteiger partial charge in [-0.25, -0.2) is 18.7 Å². The third-order valence-corrected chi connectivity index (χ3v) is 11.0. The monoisotopic (exact) mass is 622 g/mol. The Labute approximate surface area is 255 Å². The maximum atomic E-state index is 13.5. The van der Waals surface area contributed by atoms with Crippen molar-refractivity contribution in [3.63, 3.8) is 0 Å². The largest absolute Gasteiger partial charge is 0.350 e. The van der Waals surface area contributed by atoms with Crippen LogP contribution in [0.1, 0.15) is 60.6 Å². The number of nitrogens with one attached hydrogen (secondary N) is 2. The van der Waals surface area contributed by atoms with E-state index in [4.69, 9.17) is 9.57 Å². The van der Waals surface area contributed by atoms with Gasteiger partial charge in [0.05, 0.1) is 4.88 Å². The first-order chi connectivity index (χ1) is 20.4. The molecular formula is C32H34N2O5S3. The molecule has 10 heteroatoms. The van der Waals surface area contributed by atoms with Crippen molar-refractivity contribution in [3.8, 4) is 11.8 Å². The van der Waals surface area contributed by atoms with Crippen molar-refractivity contribution in [2.45, 2.75) is 68.4 Å². The molecule has 2 atom stereocenters. The number of hydrogen-bond donors (Lipinski definition) is 2. The van der Waals surface area contributed by atoms with E-state index in [9.17, 15) is 13.2 Å². The summed E-state index contributed by atoms with van der Waals surface area (Å²) in [5.41, 5.74) is 5.47. The van der Waals surface area contributed by atoms with Gasteiger partial charge in [-0.15, -0.1) is 22.7 Å². The van der Waals surface area contributed by atoms with Gasteiger partial charge in [-0.3, -0.25) is 4.79 Å². The normalized spacial score (nSPS) is 16.1.